The van der Waals surface area contributed by atoms with Crippen LogP contribution in [0.2, 0.25) is 0 Å². The lowest BCUT2D eigenvalue weighted by Crippen LogP contribution is -2.85. The second kappa shape index (κ2) is 13.4. The summed E-state index contributed by atoms with van der Waals surface area (Å²) in [5, 5.41) is 24.9. The normalized spacial score (nSPS) is 35.5. The highest BCUT2D eigenvalue weighted by Crippen LogP contribution is 2.69. The molecular formula is C35H48O13. The highest BCUT2D eigenvalue weighted by molar-refractivity contribution is 5.89. The average Bonchev–Trinajstić information content (AvgIpc) is 3.18. The highest BCUT2D eigenvalue weighted by Gasteiger charge is 2.88. The predicted molar refractivity (Wildman–Crippen MR) is 167 cm³/mol. The van der Waals surface area contributed by atoms with E-state index < -0.39 is 113 Å². The van der Waals surface area contributed by atoms with Gasteiger partial charge in [-0.2, -0.15) is 0 Å². The largest absolute Gasteiger partial charge is 0.464 e. The van der Waals surface area contributed by atoms with Crippen LogP contribution in [-0.4, -0.2) is 94.0 Å². The summed E-state index contributed by atoms with van der Waals surface area (Å²) in [7, 11) is 0. The fourth-order valence-corrected chi connectivity index (χ4v) is 7.88. The van der Waals surface area contributed by atoms with Crippen molar-refractivity contribution in [1.29, 1.82) is 0 Å². The fourth-order valence-electron chi connectivity index (χ4n) is 7.88. The van der Waals surface area contributed by atoms with Crippen molar-refractivity contribution in [2.45, 2.75) is 122 Å². The number of hydrogen-bond acceptors (Lipinski definition) is 13. The SMILES string of the molecule is CC[C@@H](C)C(=O)OC[C@]12[C@H](OC(=O)c3ccccc3)[C@@H](OC(=O)C(C)C)[C@H]3[C@@H](O)[C@@]1(OC3(C)C)[C@@](C)(O)C[C@H](OC(C)=O)[C@@H]2OC(C)=O. The van der Waals surface area contributed by atoms with Crippen molar-refractivity contribution in [3.8, 4) is 0 Å². The zero-order valence-corrected chi connectivity index (χ0v) is 29.0. The van der Waals surface area contributed by atoms with Crippen molar-refractivity contribution in [2.75, 3.05) is 6.61 Å². The molecule has 3 fully saturated rings. The Morgan fingerprint density at radius 1 is 0.896 bits per heavy atom. The number of hydrogen-bond donors (Lipinski definition) is 2. The van der Waals surface area contributed by atoms with Gasteiger partial charge in [-0.3, -0.25) is 19.2 Å². The van der Waals surface area contributed by atoms with Gasteiger partial charge in [0.15, 0.2) is 12.2 Å². The molecule has 1 saturated heterocycles. The number of aliphatic hydroxyl groups is 2. The Labute approximate surface area is 280 Å². The smallest absolute Gasteiger partial charge is 0.338 e. The van der Waals surface area contributed by atoms with Crippen molar-refractivity contribution in [2.24, 2.45) is 23.2 Å². The molecule has 13 heteroatoms. The highest BCUT2D eigenvalue weighted by atomic mass is 16.6. The van der Waals surface area contributed by atoms with Gasteiger partial charge in [-0.15, -0.1) is 0 Å². The monoisotopic (exact) mass is 676 g/mol. The molecule has 2 bridgehead atoms. The van der Waals surface area contributed by atoms with E-state index in [1.54, 1.807) is 59.7 Å². The number of carbonyl (C=O) groups excluding carboxylic acids is 5. The molecule has 2 N–H and O–H groups in total. The van der Waals surface area contributed by atoms with Crippen LogP contribution in [0.3, 0.4) is 0 Å². The molecule has 1 aliphatic heterocycles. The molecule has 1 spiro atoms. The summed E-state index contributed by atoms with van der Waals surface area (Å²) in [5.41, 5.74) is -7.86. The maximum atomic E-state index is 14.0. The summed E-state index contributed by atoms with van der Waals surface area (Å²) in [6, 6.07) is 7.92. The van der Waals surface area contributed by atoms with Crippen LogP contribution in [0.1, 0.15) is 85.5 Å². The fraction of sp³-hybridized carbons (Fsp3) is 0.686. The van der Waals surface area contributed by atoms with E-state index in [0.29, 0.717) is 6.42 Å². The first-order valence-corrected chi connectivity index (χ1v) is 16.4. The van der Waals surface area contributed by atoms with E-state index in [1.165, 1.54) is 19.1 Å². The predicted octanol–water partition coefficient (Wildman–Crippen LogP) is 2.91. The third-order valence-corrected chi connectivity index (χ3v) is 10.1. The second-order valence-corrected chi connectivity index (χ2v) is 14.3. The molecule has 2 aliphatic carbocycles. The summed E-state index contributed by atoms with van der Waals surface area (Å²) in [4.78, 5) is 66.1. The van der Waals surface area contributed by atoms with Crippen LogP contribution < -0.4 is 0 Å². The Morgan fingerprint density at radius 3 is 2.04 bits per heavy atom. The Balaban J connectivity index is 2.13. The minimum atomic E-state index is -2.24. The Kier molecular flexibility index (Phi) is 10.4. The third kappa shape index (κ3) is 6.09. The van der Waals surface area contributed by atoms with Crippen molar-refractivity contribution >= 4 is 29.8 Å². The van der Waals surface area contributed by atoms with Gasteiger partial charge < -0.3 is 38.6 Å². The molecule has 2 saturated carbocycles. The molecule has 13 nitrogen and oxygen atoms in total. The molecule has 0 radical (unpaired) electrons. The van der Waals surface area contributed by atoms with E-state index in [-0.39, 0.29) is 5.56 Å². The molecule has 0 aromatic heterocycles. The van der Waals surface area contributed by atoms with Crippen LogP contribution in [-0.2, 0) is 47.6 Å². The number of fused-ring (bicyclic) bond motifs is 1. The molecule has 3 aliphatic rings. The van der Waals surface area contributed by atoms with Gasteiger partial charge in [0.2, 0.25) is 0 Å². The zero-order valence-electron chi connectivity index (χ0n) is 29.0. The van der Waals surface area contributed by atoms with Crippen molar-refractivity contribution in [3.63, 3.8) is 0 Å². The van der Waals surface area contributed by atoms with Gasteiger partial charge in [-0.1, -0.05) is 45.9 Å². The minimum Gasteiger partial charge on any atom is -0.464 e. The number of esters is 5. The molecule has 10 atom stereocenters. The summed E-state index contributed by atoms with van der Waals surface area (Å²) in [6.45, 7) is 12.7. The van der Waals surface area contributed by atoms with Gasteiger partial charge in [0.25, 0.3) is 0 Å². The minimum absolute atomic E-state index is 0.106. The number of aliphatic hydroxyl groups excluding tert-OH is 1. The van der Waals surface area contributed by atoms with Crippen molar-refractivity contribution < 1.29 is 62.6 Å². The summed E-state index contributed by atoms with van der Waals surface area (Å²) in [5.74, 6) is -6.34. The standard InChI is InChI=1S/C35H48O13/c1-10-19(4)30(40)43-17-34-27(45-21(6)37)23(44-20(5)36)16-33(9,42)35(34)26(38)24(32(7,8)48-35)25(46-29(39)18(2)3)28(34)47-31(41)22-14-12-11-13-15-22/h11-15,18-19,23-28,38,42H,10,16-17H2,1-9H3/t19-,23+,24+,25+,26-,27+,28-,33+,34+,35-/m1/s1. The van der Waals surface area contributed by atoms with Crippen molar-refractivity contribution in [1.82, 2.24) is 0 Å². The first kappa shape index (κ1) is 37.3. The Hall–Kier alpha value is -3.55. The second-order valence-electron chi connectivity index (χ2n) is 14.3. The number of benzene rings is 1. The maximum absolute atomic E-state index is 14.0. The summed E-state index contributed by atoms with van der Waals surface area (Å²) >= 11 is 0. The van der Waals surface area contributed by atoms with E-state index in [1.807, 2.05) is 0 Å². The number of rotatable bonds is 10. The first-order valence-electron chi connectivity index (χ1n) is 16.4. The molecule has 48 heavy (non-hydrogen) atoms. The number of ether oxygens (including phenoxy) is 6. The van der Waals surface area contributed by atoms with Gasteiger partial charge in [0.05, 0.1) is 40.6 Å². The van der Waals surface area contributed by atoms with E-state index >= 15 is 0 Å². The molecule has 266 valence electrons. The lowest BCUT2D eigenvalue weighted by atomic mass is 9.45. The Bertz CT molecular complexity index is 1400. The molecule has 0 unspecified atom stereocenters. The van der Waals surface area contributed by atoms with E-state index in [0.717, 1.165) is 13.8 Å². The van der Waals surface area contributed by atoms with Crippen LogP contribution in [0.15, 0.2) is 30.3 Å². The molecule has 1 aromatic carbocycles. The van der Waals surface area contributed by atoms with Crippen LogP contribution in [0.25, 0.3) is 0 Å². The van der Waals surface area contributed by atoms with E-state index in [2.05, 4.69) is 0 Å². The topological polar surface area (TPSA) is 181 Å². The molecule has 1 heterocycles. The molecule has 0 amide bonds. The van der Waals surface area contributed by atoms with Crippen LogP contribution >= 0.6 is 0 Å². The Morgan fingerprint density at radius 2 is 1.50 bits per heavy atom. The lowest BCUT2D eigenvalue weighted by Gasteiger charge is -2.66. The lowest BCUT2D eigenvalue weighted by molar-refractivity contribution is -0.363. The maximum Gasteiger partial charge on any atom is 0.338 e. The zero-order chi connectivity index (χ0) is 36.0. The van der Waals surface area contributed by atoms with Gasteiger partial charge in [0, 0.05) is 20.3 Å². The molecular weight excluding hydrogens is 628 g/mol. The van der Waals surface area contributed by atoms with Gasteiger partial charge in [-0.05, 0) is 39.3 Å². The number of carbonyl (C=O) groups is 5. The third-order valence-electron chi connectivity index (χ3n) is 10.1. The van der Waals surface area contributed by atoms with Crippen LogP contribution in [0.4, 0.5) is 0 Å². The van der Waals surface area contributed by atoms with Crippen LogP contribution in [0.5, 0.6) is 0 Å². The van der Waals surface area contributed by atoms with E-state index in [9.17, 15) is 34.2 Å². The quantitative estimate of drug-likeness (QED) is 0.273. The van der Waals surface area contributed by atoms with Gasteiger partial charge in [-0.25, -0.2) is 4.79 Å². The average molecular weight is 677 g/mol. The first-order chi connectivity index (χ1) is 22.3. The molecule has 4 rings (SSSR count). The van der Waals surface area contributed by atoms with Gasteiger partial charge >= 0.3 is 29.8 Å². The van der Waals surface area contributed by atoms with Crippen LogP contribution in [0, 0.1) is 23.2 Å². The summed E-state index contributed by atoms with van der Waals surface area (Å²) < 4.78 is 36.7. The van der Waals surface area contributed by atoms with E-state index in [4.69, 9.17) is 28.4 Å². The molecule has 1 aromatic rings. The van der Waals surface area contributed by atoms with Gasteiger partial charge in [0.1, 0.15) is 29.8 Å². The van der Waals surface area contributed by atoms with Crippen molar-refractivity contribution in [3.05, 3.63) is 35.9 Å². The summed E-state index contributed by atoms with van der Waals surface area (Å²) in [6.07, 6.45) is -7.98.